The monoisotopic (exact) mass is 1080 g/mol. The Morgan fingerprint density at radius 3 is 1.77 bits per heavy atom. The highest BCUT2D eigenvalue weighted by Gasteiger charge is 2.46. The molecule has 9 atom stereocenters. The second-order valence-electron chi connectivity index (χ2n) is 17.6. The summed E-state index contributed by atoms with van der Waals surface area (Å²) in [5.41, 5.74) is 4.56. The molecule has 0 radical (unpaired) electrons. The minimum Gasteiger partial charge on any atom is -0.462 e. The number of hydrogen-bond donors (Lipinski definition) is 7. The van der Waals surface area contributed by atoms with Crippen LogP contribution in [0.25, 0.3) is 0 Å². The Morgan fingerprint density at radius 2 is 1.22 bits per heavy atom. The third-order valence-corrected chi connectivity index (χ3v) is 13.8. The van der Waals surface area contributed by atoms with Crippen molar-refractivity contribution in [3.8, 4) is 0 Å². The molecule has 0 aromatic carbocycles. The summed E-state index contributed by atoms with van der Waals surface area (Å²) in [4.78, 5) is 62.0. The average Bonchev–Trinajstić information content (AvgIpc) is 3.63. The molecule has 418 valence electrons. The fourth-order valence-electron chi connectivity index (χ4n) is 7.00. The van der Waals surface area contributed by atoms with E-state index >= 15 is 0 Å². The van der Waals surface area contributed by atoms with Crippen molar-refractivity contribution in [3.05, 3.63) is 108 Å². The number of ether oxygens (including phenoxy) is 3. The number of carbonyl (C=O) groups is 2. The van der Waals surface area contributed by atoms with Crippen molar-refractivity contribution < 1.29 is 76.5 Å². The van der Waals surface area contributed by atoms with Crippen LogP contribution in [0.4, 0.5) is 5.82 Å². The molecule has 0 aliphatic carbocycles. The van der Waals surface area contributed by atoms with Gasteiger partial charge in [0.1, 0.15) is 30.7 Å². The van der Waals surface area contributed by atoms with Crippen LogP contribution in [0.3, 0.4) is 0 Å². The minimum atomic E-state index is -5.51. The Hall–Kier alpha value is -4.14. The number of nitrogen functional groups attached to an aromatic ring is 1. The van der Waals surface area contributed by atoms with Gasteiger partial charge in [0.25, 0.3) is 0 Å². The Bertz CT molecular complexity index is 2110. The molecule has 1 saturated heterocycles. The van der Waals surface area contributed by atoms with Crippen LogP contribution in [0.5, 0.6) is 0 Å². The third-order valence-electron chi connectivity index (χ3n) is 11.2. The number of carbonyl (C=O) groups excluding carboxylic acids is 2. The molecule has 0 bridgehead atoms. The van der Waals surface area contributed by atoms with Gasteiger partial charge in [0.15, 0.2) is 12.3 Å². The number of nitrogens with two attached hydrogens (primary N) is 1. The fourth-order valence-corrected chi connectivity index (χ4v) is 9.11. The molecule has 1 aromatic heterocycles. The number of unbranched alkanes of at least 4 members (excludes halogenated alkanes) is 7. The molecule has 0 spiro atoms. The van der Waals surface area contributed by atoms with Crippen molar-refractivity contribution in [1.29, 1.82) is 0 Å². The van der Waals surface area contributed by atoms with Gasteiger partial charge in [-0.15, -0.1) is 0 Å². The number of nitrogens with zero attached hydrogens (tertiary/aromatic N) is 2. The van der Waals surface area contributed by atoms with E-state index in [4.69, 9.17) is 29.0 Å². The number of anilines is 1. The average molecular weight is 1080 g/mol. The molecule has 8 N–H and O–H groups in total. The second kappa shape index (κ2) is 39.3. The van der Waals surface area contributed by atoms with E-state index in [9.17, 15) is 53.7 Å². The van der Waals surface area contributed by atoms with Crippen LogP contribution in [-0.2, 0) is 46.3 Å². The fraction of sp³-hybridized carbons (Fsp3) is 0.615. The van der Waals surface area contributed by atoms with Gasteiger partial charge in [-0.3, -0.25) is 23.2 Å². The number of aromatic nitrogens is 2. The van der Waals surface area contributed by atoms with Crippen molar-refractivity contribution in [2.45, 2.75) is 185 Å². The maximum atomic E-state index is 12.9. The van der Waals surface area contributed by atoms with E-state index in [1.165, 1.54) is 44.6 Å². The van der Waals surface area contributed by atoms with Gasteiger partial charge in [-0.25, -0.2) is 13.9 Å². The van der Waals surface area contributed by atoms with Crippen molar-refractivity contribution in [2.75, 3.05) is 25.6 Å². The van der Waals surface area contributed by atoms with Gasteiger partial charge >= 0.3 is 33.3 Å². The molecule has 1 fully saturated rings. The highest BCUT2D eigenvalue weighted by Crippen LogP contribution is 2.60. The van der Waals surface area contributed by atoms with E-state index in [0.717, 1.165) is 42.9 Å². The van der Waals surface area contributed by atoms with Crippen LogP contribution in [0.1, 0.15) is 148 Å². The van der Waals surface area contributed by atoms with E-state index in [1.54, 1.807) is 6.08 Å². The van der Waals surface area contributed by atoms with E-state index in [0.29, 0.717) is 25.7 Å². The molecule has 2 rings (SSSR count). The van der Waals surface area contributed by atoms with E-state index in [1.807, 2.05) is 30.4 Å². The Labute approximate surface area is 436 Å². The zero-order valence-corrected chi connectivity index (χ0v) is 44.9. The lowest BCUT2D eigenvalue weighted by atomic mass is 10.0. The number of allylic oxidation sites excluding steroid dienone is 13. The topological polar surface area (TPSA) is 306 Å². The van der Waals surface area contributed by atoms with Crippen LogP contribution < -0.4 is 11.4 Å². The first-order valence-corrected chi connectivity index (χ1v) is 28.8. The molecule has 2 heterocycles. The van der Waals surface area contributed by atoms with Gasteiger partial charge < -0.3 is 50.2 Å². The summed E-state index contributed by atoms with van der Waals surface area (Å²) in [6.07, 6.45) is 34.0. The largest absolute Gasteiger partial charge is 0.481 e. The van der Waals surface area contributed by atoms with Gasteiger partial charge in [0.05, 0.1) is 25.4 Å². The Kier molecular flexibility index (Phi) is 35.0. The number of aliphatic hydroxyl groups excluding tert-OH is 4. The summed E-state index contributed by atoms with van der Waals surface area (Å²) in [6.45, 7) is 1.75. The minimum absolute atomic E-state index is 0.0664. The molecule has 1 aliphatic heterocycles. The summed E-state index contributed by atoms with van der Waals surface area (Å²) in [7, 11) is -11.0. The lowest BCUT2D eigenvalue weighted by Crippen LogP contribution is -2.36. The first-order chi connectivity index (χ1) is 35.5. The number of phosphoric acid groups is 2. The summed E-state index contributed by atoms with van der Waals surface area (Å²) in [5, 5.41) is 41.8. The molecule has 4 unspecified atom stereocenters. The van der Waals surface area contributed by atoms with E-state index in [2.05, 4.69) is 71.8 Å². The number of aliphatic hydroxyl groups is 4. The summed E-state index contributed by atoms with van der Waals surface area (Å²) < 4.78 is 56.5. The van der Waals surface area contributed by atoms with E-state index < -0.39 is 95.9 Å². The molecule has 20 nitrogen and oxygen atoms in total. The molecule has 0 amide bonds. The van der Waals surface area contributed by atoms with Crippen LogP contribution in [0, 0.1) is 0 Å². The Balaban J connectivity index is 1.89. The third kappa shape index (κ3) is 31.0. The zero-order valence-electron chi connectivity index (χ0n) is 43.1. The maximum Gasteiger partial charge on any atom is 0.481 e. The lowest BCUT2D eigenvalue weighted by Gasteiger charge is -2.21. The van der Waals surface area contributed by atoms with Gasteiger partial charge in [-0.05, 0) is 96.0 Å². The quantitative estimate of drug-likeness (QED) is 0.0140. The summed E-state index contributed by atoms with van der Waals surface area (Å²) in [5.74, 6) is -1.67. The smallest absolute Gasteiger partial charge is 0.462 e. The van der Waals surface area contributed by atoms with Crippen molar-refractivity contribution in [2.24, 2.45) is 0 Å². The molecule has 74 heavy (non-hydrogen) atoms. The number of esters is 2. The van der Waals surface area contributed by atoms with Crippen molar-refractivity contribution in [1.82, 2.24) is 9.55 Å². The molecule has 22 heteroatoms. The van der Waals surface area contributed by atoms with Crippen molar-refractivity contribution in [3.63, 3.8) is 0 Å². The number of rotatable bonds is 41. The van der Waals surface area contributed by atoms with Gasteiger partial charge in [0, 0.05) is 19.0 Å². The maximum absolute atomic E-state index is 12.9. The SMILES string of the molecule is CCCCC/C=C\C/C=C\C/C=C\C/C=C\CCCC(=O)O[C@H](COC(=O)CCCC(O)C(O)C/C=C\C/C=C\C/C=C\CCCCC)COP(=O)(O)OP(=O)(O)OC[C@H]1O[C@@H](n2ccc(N)nc2=O)[C@H](O)[C@@H]1O. The Morgan fingerprint density at radius 1 is 0.703 bits per heavy atom. The van der Waals surface area contributed by atoms with Crippen molar-refractivity contribution >= 4 is 33.4 Å². The van der Waals surface area contributed by atoms with Crippen LogP contribution in [-0.4, -0.2) is 108 Å². The van der Waals surface area contributed by atoms with Crippen LogP contribution >= 0.6 is 15.6 Å². The standard InChI is InChI=1S/C52H83N3O17P2/c1-3-5-7-9-11-13-15-17-18-19-20-21-23-25-27-29-31-35-48(59)70-42(39-67-47(58)36-32-34-44(57)43(56)33-30-28-26-24-22-16-14-12-10-8-6-4-2)40-68-73(63,64)72-74(65,66)69-41-45-49(60)50(61)51(71-45)55-38-37-46(53)54-52(55)62/h11-14,17-18,20-22,24-25,27-28,30,37-38,42-45,49-51,56-57,60-61H,3-10,15-16,19,23,26,29,31-36,39-41H2,1-2H3,(H,63,64)(H,65,66)(H2,53,54,62)/b13-11-,14-12-,18-17-,21-20-,24-22-,27-25-,30-28-/t42-,43?,44?,45-,49-,50-,51-/m1/s1. The summed E-state index contributed by atoms with van der Waals surface area (Å²) in [6, 6.07) is 1.23. The number of phosphoric ester groups is 2. The first-order valence-electron chi connectivity index (χ1n) is 25.8. The van der Waals surface area contributed by atoms with Crippen LogP contribution in [0.2, 0.25) is 0 Å². The molecule has 0 saturated carbocycles. The molecule has 1 aromatic rings. The zero-order chi connectivity index (χ0) is 54.5. The first kappa shape index (κ1) is 66.0. The highest BCUT2D eigenvalue weighted by atomic mass is 31.3. The van der Waals surface area contributed by atoms with Gasteiger partial charge in [-0.1, -0.05) is 125 Å². The van der Waals surface area contributed by atoms with E-state index in [-0.39, 0.29) is 37.9 Å². The normalized spacial score (nSPS) is 20.4. The van der Waals surface area contributed by atoms with Gasteiger partial charge in [0.2, 0.25) is 0 Å². The van der Waals surface area contributed by atoms with Crippen LogP contribution in [0.15, 0.2) is 102 Å². The predicted molar refractivity (Wildman–Crippen MR) is 282 cm³/mol. The van der Waals surface area contributed by atoms with Gasteiger partial charge in [-0.2, -0.15) is 9.29 Å². The molecular formula is C52H83N3O17P2. The highest BCUT2D eigenvalue weighted by molar-refractivity contribution is 7.61. The summed E-state index contributed by atoms with van der Waals surface area (Å²) >= 11 is 0. The molecule has 1 aliphatic rings. The second-order valence-corrected chi connectivity index (χ2v) is 20.7. The predicted octanol–water partition coefficient (Wildman–Crippen LogP) is 8.61. The number of hydrogen-bond acceptors (Lipinski definition) is 17. The lowest BCUT2D eigenvalue weighted by molar-refractivity contribution is -0.161. The molecular weight excluding hydrogens is 1000 g/mol.